The van der Waals surface area contributed by atoms with Crippen LogP contribution in [-0.2, 0) is 13.2 Å². The Kier molecular flexibility index (Phi) is 6.65. The van der Waals surface area contributed by atoms with E-state index in [1.165, 1.54) is 12.8 Å². The van der Waals surface area contributed by atoms with Crippen LogP contribution in [0, 0.1) is 4.77 Å². The van der Waals surface area contributed by atoms with Gasteiger partial charge in [0.1, 0.15) is 16.6 Å². The molecule has 3 aromatic rings. The smallest absolute Gasteiger partial charge is 0.199 e. The highest BCUT2D eigenvalue weighted by Gasteiger charge is 2.30. The van der Waals surface area contributed by atoms with Gasteiger partial charge in [0, 0.05) is 55.6 Å². The Hall–Kier alpha value is -2.07. The Morgan fingerprint density at radius 3 is 2.42 bits per heavy atom. The molecule has 1 saturated carbocycles. The molecular weight excluding hydrogens is 452 g/mol. The second kappa shape index (κ2) is 9.66. The molecule has 7 nitrogen and oxygen atoms in total. The zero-order valence-electron chi connectivity index (χ0n) is 19.6. The molecule has 0 spiro atoms. The van der Waals surface area contributed by atoms with Gasteiger partial charge in [-0.2, -0.15) is 5.10 Å². The number of hydrogen-bond acceptors (Lipinski definition) is 7. The largest absolute Gasteiger partial charge is 0.497 e. The average Bonchev–Trinajstić information content (AvgIpc) is 3.46. The van der Waals surface area contributed by atoms with Crippen molar-refractivity contribution >= 4 is 23.6 Å². The minimum atomic E-state index is 0.395. The van der Waals surface area contributed by atoms with E-state index in [0.29, 0.717) is 12.0 Å². The fourth-order valence-corrected chi connectivity index (χ4v) is 5.51. The normalized spacial score (nSPS) is 17.7. The average molecular weight is 485 g/mol. The molecule has 3 heterocycles. The van der Waals surface area contributed by atoms with Crippen molar-refractivity contribution in [2.45, 2.75) is 51.9 Å². The number of nitrogens with zero attached hydrogens (tertiary/aromatic N) is 6. The first-order valence-corrected chi connectivity index (χ1v) is 13.0. The topological polar surface area (TPSA) is 51.4 Å². The molecule has 1 aromatic carbocycles. The van der Waals surface area contributed by atoms with Gasteiger partial charge in [-0.3, -0.25) is 9.80 Å². The Balaban J connectivity index is 1.16. The first-order valence-electron chi connectivity index (χ1n) is 11.7. The zero-order valence-corrected chi connectivity index (χ0v) is 21.2. The molecule has 0 N–H and O–H groups in total. The Morgan fingerprint density at radius 2 is 1.79 bits per heavy atom. The van der Waals surface area contributed by atoms with E-state index in [1.54, 1.807) is 18.4 Å². The third-order valence-corrected chi connectivity index (χ3v) is 7.75. The number of benzene rings is 1. The number of methoxy groups -OCH3 is 1. The number of rotatable bonds is 8. The van der Waals surface area contributed by atoms with E-state index < -0.39 is 0 Å². The van der Waals surface area contributed by atoms with Gasteiger partial charge in [-0.15, -0.1) is 11.3 Å². The van der Waals surface area contributed by atoms with Crippen molar-refractivity contribution in [1.29, 1.82) is 0 Å². The molecule has 0 radical (unpaired) electrons. The summed E-state index contributed by atoms with van der Waals surface area (Å²) in [6.45, 7) is 10.2. The molecule has 1 aliphatic carbocycles. The van der Waals surface area contributed by atoms with Crippen LogP contribution in [0.15, 0.2) is 29.6 Å². The Labute approximate surface area is 204 Å². The summed E-state index contributed by atoms with van der Waals surface area (Å²) in [7, 11) is 1.69. The summed E-state index contributed by atoms with van der Waals surface area (Å²) in [5.74, 6) is 2.40. The van der Waals surface area contributed by atoms with Gasteiger partial charge in [0.25, 0.3) is 0 Å². The molecule has 2 fully saturated rings. The van der Waals surface area contributed by atoms with Crippen LogP contribution in [0.1, 0.15) is 50.2 Å². The van der Waals surface area contributed by atoms with Gasteiger partial charge in [-0.1, -0.05) is 13.8 Å². The van der Waals surface area contributed by atoms with Gasteiger partial charge in [0.2, 0.25) is 0 Å². The van der Waals surface area contributed by atoms with Crippen LogP contribution in [0.5, 0.6) is 5.75 Å². The molecule has 2 aliphatic rings. The van der Waals surface area contributed by atoms with Gasteiger partial charge in [0.05, 0.1) is 19.5 Å². The number of ether oxygens (including phenoxy) is 1. The molecule has 1 aliphatic heterocycles. The second-order valence-electron chi connectivity index (χ2n) is 9.30. The van der Waals surface area contributed by atoms with E-state index in [9.17, 15) is 0 Å². The van der Waals surface area contributed by atoms with Crippen LogP contribution < -0.4 is 4.74 Å². The van der Waals surface area contributed by atoms with Crippen LogP contribution in [0.3, 0.4) is 0 Å². The van der Waals surface area contributed by atoms with Crippen molar-refractivity contribution in [2.24, 2.45) is 0 Å². The molecule has 33 heavy (non-hydrogen) atoms. The fraction of sp³-hybridized carbons (Fsp3) is 0.542. The second-order valence-corrected chi connectivity index (χ2v) is 10.5. The maximum Gasteiger partial charge on any atom is 0.199 e. The van der Waals surface area contributed by atoms with Gasteiger partial charge < -0.3 is 9.30 Å². The Bertz CT molecular complexity index is 1140. The van der Waals surface area contributed by atoms with Crippen molar-refractivity contribution in [1.82, 2.24) is 29.1 Å². The van der Waals surface area contributed by atoms with E-state index >= 15 is 0 Å². The number of piperazine rings is 1. The van der Waals surface area contributed by atoms with E-state index in [2.05, 4.69) is 45.7 Å². The van der Waals surface area contributed by atoms with Crippen LogP contribution >= 0.6 is 23.6 Å². The van der Waals surface area contributed by atoms with Crippen molar-refractivity contribution in [3.05, 3.63) is 45.9 Å². The van der Waals surface area contributed by atoms with E-state index in [1.807, 2.05) is 16.8 Å². The lowest BCUT2D eigenvalue weighted by molar-refractivity contribution is 0.0972. The maximum atomic E-state index is 5.80. The van der Waals surface area contributed by atoms with Crippen LogP contribution in [0.4, 0.5) is 0 Å². The van der Waals surface area contributed by atoms with Crippen molar-refractivity contribution < 1.29 is 4.74 Å². The molecule has 0 atom stereocenters. The third kappa shape index (κ3) is 5.06. The zero-order chi connectivity index (χ0) is 22.9. The molecule has 2 aromatic heterocycles. The van der Waals surface area contributed by atoms with Gasteiger partial charge in [-0.05, 0) is 49.3 Å². The lowest BCUT2D eigenvalue weighted by Crippen LogP contribution is -2.46. The highest BCUT2D eigenvalue weighted by molar-refractivity contribution is 7.71. The maximum absolute atomic E-state index is 5.80. The van der Waals surface area contributed by atoms with E-state index in [0.717, 1.165) is 72.0 Å². The third-order valence-electron chi connectivity index (χ3n) is 6.40. The molecule has 1 saturated heterocycles. The molecular formula is C24H32N6OS2. The first-order chi connectivity index (χ1) is 16.0. The van der Waals surface area contributed by atoms with Crippen LogP contribution in [-0.4, -0.2) is 62.4 Å². The molecule has 9 heteroatoms. The number of thiazole rings is 1. The van der Waals surface area contributed by atoms with Crippen molar-refractivity contribution in [2.75, 3.05) is 33.3 Å². The SMILES string of the molecule is COc1ccc(-c2nc(CN3CCN(Cn4nc(C(C)C)n(C5CC5)c4=S)CC3)cs2)cc1. The molecule has 176 valence electrons. The van der Waals surface area contributed by atoms with Crippen LogP contribution in [0.2, 0.25) is 0 Å². The van der Waals surface area contributed by atoms with Crippen molar-refractivity contribution in [3.8, 4) is 16.3 Å². The summed E-state index contributed by atoms with van der Waals surface area (Å²) >= 11 is 7.50. The lowest BCUT2D eigenvalue weighted by Gasteiger charge is -2.34. The summed E-state index contributed by atoms with van der Waals surface area (Å²) in [5.41, 5.74) is 2.28. The minimum Gasteiger partial charge on any atom is -0.497 e. The molecule has 0 amide bonds. The summed E-state index contributed by atoms with van der Waals surface area (Å²) in [5, 5.41) is 8.14. The monoisotopic (exact) mass is 484 g/mol. The van der Waals surface area contributed by atoms with Crippen LogP contribution in [0.25, 0.3) is 10.6 Å². The first kappa shape index (κ1) is 22.7. The highest BCUT2D eigenvalue weighted by Crippen LogP contribution is 2.37. The highest BCUT2D eigenvalue weighted by atomic mass is 32.1. The predicted octanol–water partition coefficient (Wildman–Crippen LogP) is 4.78. The van der Waals surface area contributed by atoms with E-state index in [-0.39, 0.29) is 0 Å². The Morgan fingerprint density at radius 1 is 1.09 bits per heavy atom. The summed E-state index contributed by atoms with van der Waals surface area (Å²) in [6.07, 6.45) is 2.46. The summed E-state index contributed by atoms with van der Waals surface area (Å²) < 4.78 is 10.5. The molecule has 0 unspecified atom stereocenters. The number of hydrogen-bond donors (Lipinski definition) is 0. The van der Waals surface area contributed by atoms with Gasteiger partial charge in [-0.25, -0.2) is 9.67 Å². The molecule has 0 bridgehead atoms. The quantitative estimate of drug-likeness (QED) is 0.429. The lowest BCUT2D eigenvalue weighted by atomic mass is 10.2. The fourth-order valence-electron chi connectivity index (χ4n) is 4.35. The predicted molar refractivity (Wildman–Crippen MR) is 134 cm³/mol. The van der Waals surface area contributed by atoms with E-state index in [4.69, 9.17) is 27.0 Å². The standard InChI is InChI=1S/C24H32N6OS2/c1-17(2)22-26-29(24(32)30(22)20-6-7-20)16-28-12-10-27(11-13-28)14-19-15-33-23(25-19)18-4-8-21(31-3)9-5-18/h4-5,8-9,15,17,20H,6-7,10-14,16H2,1-3H3. The van der Waals surface area contributed by atoms with Crippen molar-refractivity contribution in [3.63, 3.8) is 0 Å². The van der Waals surface area contributed by atoms with Gasteiger partial charge >= 0.3 is 0 Å². The molecule has 5 rings (SSSR count). The summed E-state index contributed by atoms with van der Waals surface area (Å²) in [4.78, 5) is 9.83. The minimum absolute atomic E-state index is 0.395. The van der Waals surface area contributed by atoms with Gasteiger partial charge in [0.15, 0.2) is 4.77 Å². The summed E-state index contributed by atoms with van der Waals surface area (Å²) in [6, 6.07) is 8.68. The number of aromatic nitrogens is 4.